The molecule has 0 radical (unpaired) electrons. The molecule has 2 fully saturated rings. The molecule has 2 aliphatic rings. The summed E-state index contributed by atoms with van der Waals surface area (Å²) < 4.78 is 24.8. The van der Waals surface area contributed by atoms with Gasteiger partial charge in [0.2, 0.25) is 0 Å². The van der Waals surface area contributed by atoms with Gasteiger partial charge in [0.25, 0.3) is 0 Å². The highest BCUT2D eigenvalue weighted by atomic mass is 19.1. The third kappa shape index (κ3) is 4.70. The topological polar surface area (TPSA) is 71.9 Å². The highest BCUT2D eigenvalue weighted by Crippen LogP contribution is 2.38. The van der Waals surface area contributed by atoms with Crippen LogP contribution in [-0.4, -0.2) is 54.6 Å². The van der Waals surface area contributed by atoms with Crippen molar-refractivity contribution in [2.75, 3.05) is 31.2 Å². The van der Waals surface area contributed by atoms with Gasteiger partial charge in [0, 0.05) is 30.5 Å². The van der Waals surface area contributed by atoms with Crippen molar-refractivity contribution in [3.8, 4) is 11.1 Å². The summed E-state index contributed by atoms with van der Waals surface area (Å²) in [4.78, 5) is 19.1. The van der Waals surface area contributed by atoms with E-state index < -0.39 is 6.10 Å². The Hall–Kier alpha value is -3.03. The van der Waals surface area contributed by atoms with E-state index in [2.05, 4.69) is 4.90 Å². The Labute approximate surface area is 192 Å². The number of hydrogen-bond donors (Lipinski definition) is 1. The quantitative estimate of drug-likeness (QED) is 0.595. The molecule has 1 N–H and O–H groups in total. The fraction of sp³-hybridized carbons (Fsp3) is 0.385. The second kappa shape index (κ2) is 9.45. The number of morpholine rings is 1. The van der Waals surface area contributed by atoms with Gasteiger partial charge in [0.05, 0.1) is 31.3 Å². The average Bonchev–Trinajstić information content (AvgIpc) is 2.82. The second-order valence-corrected chi connectivity index (χ2v) is 8.66. The first-order valence-corrected chi connectivity index (χ1v) is 11.5. The number of aliphatic hydroxyl groups excluding tert-OH is 1. The van der Waals surface area contributed by atoms with Gasteiger partial charge in [-0.05, 0) is 42.2 Å². The van der Waals surface area contributed by atoms with Gasteiger partial charge >= 0.3 is 5.97 Å². The molecule has 6 nitrogen and oxygen atoms in total. The SMILES string of the molecule is O=C1C[C@@H](O)C[C@@H](CCc2c(N3CCOCC3)nc3ccccc3c2-c2ccc(F)cc2)O1. The van der Waals surface area contributed by atoms with Gasteiger partial charge in [-0.25, -0.2) is 9.37 Å². The third-order valence-corrected chi connectivity index (χ3v) is 6.37. The summed E-state index contributed by atoms with van der Waals surface area (Å²) in [5.41, 5.74) is 3.85. The maximum absolute atomic E-state index is 13.7. The number of nitrogens with zero attached hydrogens (tertiary/aromatic N) is 2. The molecule has 2 aliphatic heterocycles. The van der Waals surface area contributed by atoms with E-state index in [1.54, 1.807) is 12.1 Å². The fourth-order valence-electron chi connectivity index (χ4n) is 4.80. The molecule has 0 spiro atoms. The molecule has 0 saturated carbocycles. The largest absolute Gasteiger partial charge is 0.462 e. The first-order valence-electron chi connectivity index (χ1n) is 11.5. The molecule has 0 unspecified atom stereocenters. The van der Waals surface area contributed by atoms with E-state index >= 15 is 0 Å². The molecule has 33 heavy (non-hydrogen) atoms. The molecule has 7 heteroatoms. The van der Waals surface area contributed by atoms with Crippen LogP contribution < -0.4 is 4.90 Å². The number of pyridine rings is 1. The summed E-state index contributed by atoms with van der Waals surface area (Å²) in [7, 11) is 0. The van der Waals surface area contributed by atoms with Crippen molar-refractivity contribution in [1.82, 2.24) is 4.98 Å². The van der Waals surface area contributed by atoms with Crippen LogP contribution in [0.3, 0.4) is 0 Å². The van der Waals surface area contributed by atoms with Gasteiger partial charge in [-0.2, -0.15) is 0 Å². The predicted octanol–water partition coefficient (Wildman–Crippen LogP) is 3.88. The summed E-state index contributed by atoms with van der Waals surface area (Å²) >= 11 is 0. The van der Waals surface area contributed by atoms with Crippen molar-refractivity contribution >= 4 is 22.7 Å². The number of cyclic esters (lactones) is 1. The van der Waals surface area contributed by atoms with E-state index in [-0.39, 0.29) is 24.3 Å². The minimum Gasteiger partial charge on any atom is -0.462 e. The zero-order valence-electron chi connectivity index (χ0n) is 18.4. The molecule has 3 aromatic rings. The van der Waals surface area contributed by atoms with Crippen LogP contribution in [0.25, 0.3) is 22.0 Å². The number of ether oxygens (including phenoxy) is 2. The van der Waals surface area contributed by atoms with Crippen LogP contribution in [-0.2, 0) is 20.7 Å². The molecule has 0 aliphatic carbocycles. The van der Waals surface area contributed by atoms with Gasteiger partial charge in [0.1, 0.15) is 17.7 Å². The van der Waals surface area contributed by atoms with Crippen molar-refractivity contribution in [3.05, 3.63) is 59.9 Å². The Morgan fingerprint density at radius 3 is 2.61 bits per heavy atom. The smallest absolute Gasteiger partial charge is 0.308 e. The lowest BCUT2D eigenvalue weighted by molar-refractivity contribution is -0.160. The lowest BCUT2D eigenvalue weighted by Gasteiger charge is -2.32. The second-order valence-electron chi connectivity index (χ2n) is 8.66. The lowest BCUT2D eigenvalue weighted by atomic mass is 9.91. The zero-order chi connectivity index (χ0) is 22.8. The third-order valence-electron chi connectivity index (χ3n) is 6.37. The number of para-hydroxylation sites is 1. The fourth-order valence-corrected chi connectivity index (χ4v) is 4.80. The first-order chi connectivity index (χ1) is 16.1. The number of halogens is 1. The molecule has 1 aromatic heterocycles. The summed E-state index contributed by atoms with van der Waals surface area (Å²) in [6, 6.07) is 14.5. The van der Waals surface area contributed by atoms with Crippen molar-refractivity contribution < 1.29 is 23.8 Å². The van der Waals surface area contributed by atoms with E-state index in [1.165, 1.54) is 12.1 Å². The Balaban J connectivity index is 1.62. The van der Waals surface area contributed by atoms with E-state index in [4.69, 9.17) is 14.5 Å². The molecular formula is C26H27FN2O4. The number of aliphatic hydroxyl groups is 1. The van der Waals surface area contributed by atoms with E-state index in [1.807, 2.05) is 24.3 Å². The van der Waals surface area contributed by atoms with Gasteiger partial charge in [0.15, 0.2) is 0 Å². The minimum atomic E-state index is -0.665. The monoisotopic (exact) mass is 450 g/mol. The number of carbonyl (C=O) groups is 1. The van der Waals surface area contributed by atoms with Crippen molar-refractivity contribution in [1.29, 1.82) is 0 Å². The molecular weight excluding hydrogens is 423 g/mol. The lowest BCUT2D eigenvalue weighted by Crippen LogP contribution is -2.37. The van der Waals surface area contributed by atoms with Crippen LogP contribution in [0.15, 0.2) is 48.5 Å². The molecule has 2 atom stereocenters. The normalized spacial score (nSPS) is 21.3. The Morgan fingerprint density at radius 2 is 1.85 bits per heavy atom. The first kappa shape index (κ1) is 21.8. The molecule has 3 heterocycles. The van der Waals surface area contributed by atoms with E-state index in [9.17, 15) is 14.3 Å². The number of hydrogen-bond acceptors (Lipinski definition) is 6. The average molecular weight is 451 g/mol. The molecule has 0 amide bonds. The molecule has 5 rings (SSSR count). The maximum atomic E-state index is 13.7. The molecule has 0 bridgehead atoms. The van der Waals surface area contributed by atoms with Crippen LogP contribution in [0.2, 0.25) is 0 Å². The van der Waals surface area contributed by atoms with Crippen LogP contribution in [0.1, 0.15) is 24.8 Å². The summed E-state index contributed by atoms with van der Waals surface area (Å²) in [5.74, 6) is 0.247. The van der Waals surface area contributed by atoms with Crippen LogP contribution in [0, 0.1) is 5.82 Å². The van der Waals surface area contributed by atoms with Crippen LogP contribution >= 0.6 is 0 Å². The Bertz CT molecular complexity index is 1140. The Kier molecular flexibility index (Phi) is 6.24. The van der Waals surface area contributed by atoms with Crippen LogP contribution in [0.5, 0.6) is 0 Å². The molecule has 172 valence electrons. The van der Waals surface area contributed by atoms with Gasteiger partial charge < -0.3 is 19.5 Å². The number of fused-ring (bicyclic) bond motifs is 1. The zero-order valence-corrected chi connectivity index (χ0v) is 18.4. The van der Waals surface area contributed by atoms with Gasteiger partial charge in [-0.15, -0.1) is 0 Å². The minimum absolute atomic E-state index is 0.0495. The Morgan fingerprint density at radius 1 is 1.09 bits per heavy atom. The van der Waals surface area contributed by atoms with E-state index in [0.717, 1.165) is 46.5 Å². The number of rotatable bonds is 5. The number of benzene rings is 2. The summed E-state index contributed by atoms with van der Waals surface area (Å²) in [6.45, 7) is 2.73. The highest BCUT2D eigenvalue weighted by Gasteiger charge is 2.29. The summed E-state index contributed by atoms with van der Waals surface area (Å²) in [5, 5.41) is 11.0. The van der Waals surface area contributed by atoms with Crippen LogP contribution in [0.4, 0.5) is 10.2 Å². The number of esters is 1. The summed E-state index contributed by atoms with van der Waals surface area (Å²) in [6.07, 6.45) is 0.669. The standard InChI is InChI=1S/C26H27FN2O4/c27-18-7-5-17(6-8-18)25-21-3-1-2-4-23(21)28-26(29-11-13-32-14-12-29)22(25)10-9-20-15-19(30)16-24(31)33-20/h1-8,19-20,30H,9-16H2/t19-,20+/m0/s1. The molecule has 2 aromatic carbocycles. The number of carbonyl (C=O) groups excluding carboxylic acids is 1. The van der Waals surface area contributed by atoms with Crippen molar-refractivity contribution in [3.63, 3.8) is 0 Å². The van der Waals surface area contributed by atoms with Crippen molar-refractivity contribution in [2.45, 2.75) is 37.9 Å². The highest BCUT2D eigenvalue weighted by molar-refractivity contribution is 5.98. The van der Waals surface area contributed by atoms with Gasteiger partial charge in [-0.1, -0.05) is 30.3 Å². The number of anilines is 1. The molecule has 2 saturated heterocycles. The predicted molar refractivity (Wildman–Crippen MR) is 124 cm³/mol. The number of aromatic nitrogens is 1. The maximum Gasteiger partial charge on any atom is 0.308 e. The van der Waals surface area contributed by atoms with E-state index in [0.29, 0.717) is 32.5 Å². The van der Waals surface area contributed by atoms with Crippen molar-refractivity contribution in [2.24, 2.45) is 0 Å². The van der Waals surface area contributed by atoms with Gasteiger partial charge in [-0.3, -0.25) is 4.79 Å².